The van der Waals surface area contributed by atoms with Gasteiger partial charge >= 0.3 is 0 Å². The van der Waals surface area contributed by atoms with E-state index in [1.807, 2.05) is 12.1 Å². The topological polar surface area (TPSA) is 91.8 Å². The largest absolute Gasteiger partial charge is 0.357 e. The first-order valence-electron chi connectivity index (χ1n) is 9.35. The van der Waals surface area contributed by atoms with Crippen molar-refractivity contribution in [3.05, 3.63) is 40.7 Å². The standard InChI is InChI=1S/C19H24ClFN6O/c1-22-18-25-17(20)26-19(27-18)24-15-8-6-12(7-9-15)16(28)23-11-14-5-3-2-4-13(14)10-21/h2-5,12,15H,6-11H2,1H3,(H,23,28)(H2,22,24,25,26,27)/t12-,15+. The van der Waals surface area contributed by atoms with Crippen LogP contribution in [0.1, 0.15) is 36.8 Å². The van der Waals surface area contributed by atoms with Gasteiger partial charge in [0, 0.05) is 25.6 Å². The number of nitrogens with one attached hydrogen (secondary N) is 3. The lowest BCUT2D eigenvalue weighted by atomic mass is 9.85. The summed E-state index contributed by atoms with van der Waals surface area (Å²) in [5.41, 5.74) is 1.44. The van der Waals surface area contributed by atoms with Crippen LogP contribution >= 0.6 is 11.6 Å². The number of anilines is 2. The Balaban J connectivity index is 1.48. The molecule has 28 heavy (non-hydrogen) atoms. The number of hydrogen-bond donors (Lipinski definition) is 3. The average molecular weight is 407 g/mol. The summed E-state index contributed by atoms with van der Waals surface area (Å²) >= 11 is 5.90. The highest BCUT2D eigenvalue weighted by atomic mass is 35.5. The molecule has 150 valence electrons. The van der Waals surface area contributed by atoms with Gasteiger partial charge in [0.1, 0.15) is 6.67 Å². The maximum atomic E-state index is 13.0. The van der Waals surface area contributed by atoms with E-state index in [2.05, 4.69) is 30.9 Å². The van der Waals surface area contributed by atoms with Crippen LogP contribution in [-0.2, 0) is 18.0 Å². The molecular weight excluding hydrogens is 383 g/mol. The first-order chi connectivity index (χ1) is 13.6. The van der Waals surface area contributed by atoms with Crippen LogP contribution in [0.5, 0.6) is 0 Å². The summed E-state index contributed by atoms with van der Waals surface area (Å²) in [4.78, 5) is 24.8. The Bertz CT molecular complexity index is 813. The minimum atomic E-state index is -0.529. The van der Waals surface area contributed by atoms with Crippen LogP contribution < -0.4 is 16.0 Å². The normalized spacial score (nSPS) is 19.1. The summed E-state index contributed by atoms with van der Waals surface area (Å²) in [6, 6.07) is 7.41. The summed E-state index contributed by atoms with van der Waals surface area (Å²) in [5.74, 6) is 0.822. The van der Waals surface area contributed by atoms with Gasteiger partial charge in [-0.15, -0.1) is 0 Å². The van der Waals surface area contributed by atoms with E-state index < -0.39 is 6.67 Å². The van der Waals surface area contributed by atoms with Crippen molar-refractivity contribution in [2.45, 2.75) is 44.9 Å². The molecule has 0 aliphatic heterocycles. The molecule has 1 amide bonds. The summed E-state index contributed by atoms with van der Waals surface area (Å²) in [7, 11) is 1.71. The fourth-order valence-corrected chi connectivity index (χ4v) is 3.56. The summed E-state index contributed by atoms with van der Waals surface area (Å²) < 4.78 is 13.0. The van der Waals surface area contributed by atoms with Crippen LogP contribution in [-0.4, -0.2) is 33.9 Å². The lowest BCUT2D eigenvalue weighted by molar-refractivity contribution is -0.126. The molecule has 1 fully saturated rings. The molecule has 0 bridgehead atoms. The lowest BCUT2D eigenvalue weighted by Crippen LogP contribution is -2.36. The molecule has 1 heterocycles. The molecule has 3 N–H and O–H groups in total. The highest BCUT2D eigenvalue weighted by Gasteiger charge is 2.26. The zero-order valence-electron chi connectivity index (χ0n) is 15.7. The van der Waals surface area contributed by atoms with Gasteiger partial charge in [-0.3, -0.25) is 4.79 Å². The number of nitrogens with zero attached hydrogens (tertiary/aromatic N) is 3. The SMILES string of the molecule is CNc1nc(Cl)nc(N[C@H]2CC[C@@H](C(=O)NCc3ccccc3CF)CC2)n1. The van der Waals surface area contributed by atoms with E-state index in [1.165, 1.54) is 0 Å². The van der Waals surface area contributed by atoms with E-state index in [0.29, 0.717) is 24.0 Å². The third-order valence-electron chi connectivity index (χ3n) is 4.98. The quantitative estimate of drug-likeness (QED) is 0.653. The number of amides is 1. The van der Waals surface area contributed by atoms with Gasteiger partial charge < -0.3 is 16.0 Å². The molecule has 1 aliphatic rings. The monoisotopic (exact) mass is 406 g/mol. The van der Waals surface area contributed by atoms with E-state index in [-0.39, 0.29) is 23.2 Å². The van der Waals surface area contributed by atoms with Crippen molar-refractivity contribution in [2.24, 2.45) is 5.92 Å². The van der Waals surface area contributed by atoms with Crippen molar-refractivity contribution in [1.29, 1.82) is 0 Å². The minimum absolute atomic E-state index is 0.0211. The Labute approximate surface area is 168 Å². The van der Waals surface area contributed by atoms with Gasteiger partial charge in [-0.25, -0.2) is 4.39 Å². The molecule has 0 spiro atoms. The Morgan fingerprint density at radius 3 is 2.46 bits per heavy atom. The molecule has 3 rings (SSSR count). The second-order valence-corrected chi connectivity index (χ2v) is 7.15. The Morgan fingerprint density at radius 2 is 1.79 bits per heavy atom. The highest BCUT2D eigenvalue weighted by molar-refractivity contribution is 6.28. The summed E-state index contributed by atoms with van der Waals surface area (Å²) in [6.45, 7) is -0.174. The third-order valence-corrected chi connectivity index (χ3v) is 5.15. The number of benzene rings is 1. The van der Waals surface area contributed by atoms with Crippen LogP contribution in [0.25, 0.3) is 0 Å². The van der Waals surface area contributed by atoms with Crippen LogP contribution in [0.2, 0.25) is 5.28 Å². The van der Waals surface area contributed by atoms with Crippen LogP contribution in [0.3, 0.4) is 0 Å². The number of aromatic nitrogens is 3. The highest BCUT2D eigenvalue weighted by Crippen LogP contribution is 2.26. The van der Waals surface area contributed by atoms with Gasteiger partial charge in [0.05, 0.1) is 0 Å². The van der Waals surface area contributed by atoms with Crippen molar-refractivity contribution in [3.63, 3.8) is 0 Å². The molecule has 9 heteroatoms. The smallest absolute Gasteiger partial charge is 0.229 e. The summed E-state index contributed by atoms with van der Waals surface area (Å²) in [5, 5.41) is 9.18. The first-order valence-corrected chi connectivity index (χ1v) is 9.73. The van der Waals surface area contributed by atoms with Crippen molar-refractivity contribution >= 4 is 29.4 Å². The van der Waals surface area contributed by atoms with Gasteiger partial charge in [-0.1, -0.05) is 24.3 Å². The maximum Gasteiger partial charge on any atom is 0.229 e. The van der Waals surface area contributed by atoms with Crippen molar-refractivity contribution in [1.82, 2.24) is 20.3 Å². The van der Waals surface area contributed by atoms with Gasteiger partial charge in [0.25, 0.3) is 0 Å². The molecule has 2 aromatic rings. The number of hydrogen-bond acceptors (Lipinski definition) is 6. The lowest BCUT2D eigenvalue weighted by Gasteiger charge is -2.28. The third kappa shape index (κ3) is 5.28. The minimum Gasteiger partial charge on any atom is -0.357 e. The Kier molecular flexibility index (Phi) is 6.97. The number of carbonyl (C=O) groups is 1. The second-order valence-electron chi connectivity index (χ2n) is 6.81. The molecule has 7 nitrogen and oxygen atoms in total. The van der Waals surface area contributed by atoms with E-state index in [4.69, 9.17) is 11.6 Å². The molecule has 1 aliphatic carbocycles. The number of rotatable bonds is 7. The van der Waals surface area contributed by atoms with E-state index in [0.717, 1.165) is 31.2 Å². The number of halogens is 2. The molecule has 0 unspecified atom stereocenters. The summed E-state index contributed by atoms with van der Waals surface area (Å²) in [6.07, 6.45) is 3.20. The maximum absolute atomic E-state index is 13.0. The van der Waals surface area contributed by atoms with Crippen molar-refractivity contribution < 1.29 is 9.18 Å². The fraction of sp³-hybridized carbons (Fsp3) is 0.474. The second kappa shape index (κ2) is 9.64. The van der Waals surface area contributed by atoms with Crippen LogP contribution in [0.4, 0.5) is 16.3 Å². The number of carbonyl (C=O) groups excluding carboxylic acids is 1. The first kappa shape index (κ1) is 20.3. The molecule has 1 aromatic carbocycles. The average Bonchev–Trinajstić information content (AvgIpc) is 2.72. The Morgan fingerprint density at radius 1 is 1.11 bits per heavy atom. The van der Waals surface area contributed by atoms with Gasteiger partial charge in [-0.05, 0) is 48.4 Å². The van der Waals surface area contributed by atoms with Crippen molar-refractivity contribution in [3.8, 4) is 0 Å². The van der Waals surface area contributed by atoms with E-state index in [1.54, 1.807) is 19.2 Å². The van der Waals surface area contributed by atoms with Gasteiger partial charge in [0.15, 0.2) is 0 Å². The zero-order chi connectivity index (χ0) is 19.9. The molecule has 0 radical (unpaired) electrons. The van der Waals surface area contributed by atoms with Crippen LogP contribution in [0.15, 0.2) is 24.3 Å². The van der Waals surface area contributed by atoms with Gasteiger partial charge in [-0.2, -0.15) is 15.0 Å². The zero-order valence-corrected chi connectivity index (χ0v) is 16.5. The van der Waals surface area contributed by atoms with Crippen LogP contribution in [0, 0.1) is 5.92 Å². The number of alkyl halides is 1. The molecular formula is C19H24ClFN6O. The fourth-order valence-electron chi connectivity index (χ4n) is 3.40. The molecule has 0 saturated heterocycles. The predicted octanol–water partition coefficient (Wildman–Crippen LogP) is 3.32. The Hall–Kier alpha value is -2.48. The predicted molar refractivity (Wildman–Crippen MR) is 107 cm³/mol. The van der Waals surface area contributed by atoms with Gasteiger partial charge in [0.2, 0.25) is 23.1 Å². The molecule has 1 aromatic heterocycles. The molecule has 1 saturated carbocycles. The van der Waals surface area contributed by atoms with Crippen molar-refractivity contribution in [2.75, 3.05) is 17.7 Å². The van der Waals surface area contributed by atoms with E-state index in [9.17, 15) is 9.18 Å². The van der Waals surface area contributed by atoms with E-state index >= 15 is 0 Å². The molecule has 0 atom stereocenters.